The third-order valence-corrected chi connectivity index (χ3v) is 1.91. The molecular weight excluding hydrogens is 189 g/mol. The van der Waals surface area contributed by atoms with Crippen molar-refractivity contribution in [3.8, 4) is 0 Å². The lowest BCUT2D eigenvalue weighted by atomic mass is 10.0. The van der Waals surface area contributed by atoms with E-state index in [1.807, 2.05) is 0 Å². The van der Waals surface area contributed by atoms with E-state index in [1.54, 1.807) is 0 Å². The largest absolute Gasteiger partial charge is 0.396 e. The van der Waals surface area contributed by atoms with E-state index in [-0.39, 0.29) is 11.3 Å². The second-order valence-corrected chi connectivity index (χ2v) is 2.98. The molecule has 0 aliphatic heterocycles. The zero-order chi connectivity index (χ0) is 10.7. The van der Waals surface area contributed by atoms with Crippen molar-refractivity contribution in [3.63, 3.8) is 0 Å². The summed E-state index contributed by atoms with van der Waals surface area (Å²) in [5, 5.41) is 27.1. The molecular formula is C9H12FNO3. The van der Waals surface area contributed by atoms with Crippen LogP contribution in [0.15, 0.2) is 18.2 Å². The van der Waals surface area contributed by atoms with Gasteiger partial charge < -0.3 is 21.1 Å². The summed E-state index contributed by atoms with van der Waals surface area (Å²) in [5.74, 6) is -0.584. The maximum absolute atomic E-state index is 12.7. The van der Waals surface area contributed by atoms with Gasteiger partial charge in [-0.1, -0.05) is 6.07 Å². The minimum Gasteiger partial charge on any atom is -0.396 e. The summed E-state index contributed by atoms with van der Waals surface area (Å²) < 4.78 is 12.7. The van der Waals surface area contributed by atoms with Crippen LogP contribution >= 0.6 is 0 Å². The van der Waals surface area contributed by atoms with E-state index < -0.39 is 24.6 Å². The molecule has 0 amide bonds. The first-order chi connectivity index (χ1) is 6.56. The highest BCUT2D eigenvalue weighted by Crippen LogP contribution is 2.20. The fourth-order valence-corrected chi connectivity index (χ4v) is 1.07. The van der Waals surface area contributed by atoms with Crippen LogP contribution in [0.3, 0.4) is 0 Å². The predicted octanol–water partition coefficient (Wildman–Crippen LogP) is -0.206. The van der Waals surface area contributed by atoms with Crippen LogP contribution in [0.2, 0.25) is 0 Å². The van der Waals surface area contributed by atoms with E-state index in [4.69, 9.17) is 15.9 Å². The van der Waals surface area contributed by atoms with Gasteiger partial charge in [-0.3, -0.25) is 0 Å². The molecule has 2 atom stereocenters. The monoisotopic (exact) mass is 201 g/mol. The third kappa shape index (κ3) is 2.20. The van der Waals surface area contributed by atoms with Gasteiger partial charge >= 0.3 is 0 Å². The molecule has 0 saturated heterocycles. The van der Waals surface area contributed by atoms with Crippen molar-refractivity contribution in [2.45, 2.75) is 12.2 Å². The van der Waals surface area contributed by atoms with Gasteiger partial charge in [0.15, 0.2) is 0 Å². The molecule has 0 aromatic heterocycles. The molecule has 2 unspecified atom stereocenters. The maximum Gasteiger partial charge on any atom is 0.146 e. The van der Waals surface area contributed by atoms with Gasteiger partial charge in [0.05, 0.1) is 12.3 Å². The van der Waals surface area contributed by atoms with E-state index >= 15 is 0 Å². The molecule has 0 spiro atoms. The molecule has 0 bridgehead atoms. The number of anilines is 1. The summed E-state index contributed by atoms with van der Waals surface area (Å²) in [6.07, 6.45) is -2.55. The van der Waals surface area contributed by atoms with Gasteiger partial charge in [-0.15, -0.1) is 0 Å². The zero-order valence-corrected chi connectivity index (χ0v) is 7.39. The number of nitrogen functional groups attached to an aromatic ring is 1. The number of hydrogen-bond donors (Lipinski definition) is 4. The second kappa shape index (κ2) is 4.36. The predicted molar refractivity (Wildman–Crippen MR) is 48.9 cm³/mol. The fraction of sp³-hybridized carbons (Fsp3) is 0.333. The van der Waals surface area contributed by atoms with Crippen LogP contribution in [0.25, 0.3) is 0 Å². The van der Waals surface area contributed by atoms with Crippen LogP contribution in [0.5, 0.6) is 0 Å². The van der Waals surface area contributed by atoms with Crippen LogP contribution in [-0.2, 0) is 0 Å². The maximum atomic E-state index is 12.7. The average molecular weight is 201 g/mol. The Kier molecular flexibility index (Phi) is 3.40. The molecule has 0 saturated carbocycles. The van der Waals surface area contributed by atoms with E-state index in [1.165, 1.54) is 12.1 Å². The Labute approximate surface area is 80.4 Å². The van der Waals surface area contributed by atoms with E-state index in [0.29, 0.717) is 0 Å². The first-order valence-electron chi connectivity index (χ1n) is 4.08. The number of aliphatic hydroxyl groups is 3. The van der Waals surface area contributed by atoms with Crippen molar-refractivity contribution >= 4 is 5.69 Å². The zero-order valence-electron chi connectivity index (χ0n) is 7.39. The molecule has 1 aromatic carbocycles. The van der Waals surface area contributed by atoms with Crippen LogP contribution in [-0.4, -0.2) is 28.0 Å². The van der Waals surface area contributed by atoms with Crippen molar-refractivity contribution < 1.29 is 19.7 Å². The van der Waals surface area contributed by atoms with Crippen molar-refractivity contribution in [2.24, 2.45) is 0 Å². The molecule has 4 nitrogen and oxygen atoms in total. The molecule has 14 heavy (non-hydrogen) atoms. The Hall–Kier alpha value is -1.17. The number of rotatable bonds is 3. The molecule has 0 heterocycles. The lowest BCUT2D eigenvalue weighted by molar-refractivity contribution is -0.0152. The Balaban J connectivity index is 2.91. The summed E-state index contributed by atoms with van der Waals surface area (Å²) >= 11 is 0. The van der Waals surface area contributed by atoms with Crippen molar-refractivity contribution in [3.05, 3.63) is 29.6 Å². The quantitative estimate of drug-likeness (QED) is 0.510. The topological polar surface area (TPSA) is 86.7 Å². The number of aliphatic hydroxyl groups excluding tert-OH is 3. The molecule has 5 N–H and O–H groups in total. The minimum atomic E-state index is -1.29. The van der Waals surface area contributed by atoms with Crippen molar-refractivity contribution in [1.82, 2.24) is 0 Å². The molecule has 5 heteroatoms. The SMILES string of the molecule is Nc1cc(C(O)C(O)CO)ccc1F. The summed E-state index contributed by atoms with van der Waals surface area (Å²) in [5.41, 5.74) is 5.43. The number of benzene rings is 1. The molecule has 0 aliphatic carbocycles. The van der Waals surface area contributed by atoms with Crippen LogP contribution in [0.1, 0.15) is 11.7 Å². The van der Waals surface area contributed by atoms with Crippen molar-refractivity contribution in [2.75, 3.05) is 12.3 Å². The van der Waals surface area contributed by atoms with Gasteiger partial charge in [-0.25, -0.2) is 4.39 Å². The first kappa shape index (κ1) is 10.9. The normalized spacial score (nSPS) is 15.1. The highest BCUT2D eigenvalue weighted by Gasteiger charge is 2.17. The molecule has 1 aromatic rings. The van der Waals surface area contributed by atoms with Crippen LogP contribution in [0, 0.1) is 5.82 Å². The summed E-state index contributed by atoms with van der Waals surface area (Å²) in [7, 11) is 0. The number of halogens is 1. The Morgan fingerprint density at radius 2 is 2.00 bits per heavy atom. The lowest BCUT2D eigenvalue weighted by Crippen LogP contribution is -2.22. The Morgan fingerprint density at radius 1 is 1.36 bits per heavy atom. The highest BCUT2D eigenvalue weighted by molar-refractivity contribution is 5.43. The molecule has 1 rings (SSSR count). The van der Waals surface area contributed by atoms with Gasteiger partial charge in [-0.05, 0) is 17.7 Å². The Morgan fingerprint density at radius 3 is 2.50 bits per heavy atom. The van der Waals surface area contributed by atoms with E-state index in [9.17, 15) is 9.50 Å². The molecule has 0 aliphatic rings. The van der Waals surface area contributed by atoms with Gasteiger partial charge in [0.2, 0.25) is 0 Å². The van der Waals surface area contributed by atoms with Gasteiger partial charge in [0, 0.05) is 0 Å². The Bertz CT molecular complexity index is 319. The van der Waals surface area contributed by atoms with Crippen molar-refractivity contribution in [1.29, 1.82) is 0 Å². The molecule has 78 valence electrons. The average Bonchev–Trinajstić information content (AvgIpc) is 2.20. The van der Waals surface area contributed by atoms with E-state index in [0.717, 1.165) is 6.07 Å². The first-order valence-corrected chi connectivity index (χ1v) is 4.08. The third-order valence-electron chi connectivity index (χ3n) is 1.91. The number of hydrogen-bond acceptors (Lipinski definition) is 4. The molecule has 0 fully saturated rings. The van der Waals surface area contributed by atoms with Gasteiger partial charge in [-0.2, -0.15) is 0 Å². The van der Waals surface area contributed by atoms with Crippen LogP contribution in [0.4, 0.5) is 10.1 Å². The summed E-state index contributed by atoms with van der Waals surface area (Å²) in [6, 6.07) is 3.62. The standard InChI is InChI=1S/C9H12FNO3/c10-6-2-1-5(3-7(6)11)9(14)8(13)4-12/h1-3,8-9,12-14H,4,11H2. The smallest absolute Gasteiger partial charge is 0.146 e. The lowest BCUT2D eigenvalue weighted by Gasteiger charge is -2.16. The van der Waals surface area contributed by atoms with E-state index in [2.05, 4.69) is 0 Å². The fourth-order valence-electron chi connectivity index (χ4n) is 1.07. The summed E-state index contributed by atoms with van der Waals surface area (Å²) in [4.78, 5) is 0. The summed E-state index contributed by atoms with van der Waals surface area (Å²) in [6.45, 7) is -0.571. The van der Waals surface area contributed by atoms with Gasteiger partial charge in [0.25, 0.3) is 0 Å². The molecule has 0 radical (unpaired) electrons. The minimum absolute atomic E-state index is 0.105. The van der Waals surface area contributed by atoms with Gasteiger partial charge in [0.1, 0.15) is 18.0 Å². The number of nitrogens with two attached hydrogens (primary N) is 1. The second-order valence-electron chi connectivity index (χ2n) is 2.98. The van der Waals surface area contributed by atoms with Crippen LogP contribution < -0.4 is 5.73 Å². The highest BCUT2D eigenvalue weighted by atomic mass is 19.1.